The van der Waals surface area contributed by atoms with E-state index in [4.69, 9.17) is 10.5 Å². The Morgan fingerprint density at radius 2 is 1.32 bits per heavy atom. The largest absolute Gasteiger partial charge is 0.506 e. The zero-order chi connectivity index (χ0) is 25.9. The molecule has 8 fully saturated rings. The number of phenolic OH excluding ortho intramolecular Hbond substituents is 1. The molecule has 200 valence electrons. The van der Waals surface area contributed by atoms with E-state index in [0.29, 0.717) is 28.7 Å². The molecule has 2 aromatic rings. The van der Waals surface area contributed by atoms with E-state index in [2.05, 4.69) is 24.3 Å². The molecule has 4 unspecified atom stereocenters. The van der Waals surface area contributed by atoms with Gasteiger partial charge in [-0.1, -0.05) is 12.1 Å². The van der Waals surface area contributed by atoms with Gasteiger partial charge < -0.3 is 20.7 Å². The van der Waals surface area contributed by atoms with Crippen LogP contribution in [-0.4, -0.2) is 16.2 Å². The van der Waals surface area contributed by atoms with Crippen LogP contribution >= 0.6 is 0 Å². The fourth-order valence-electron chi connectivity index (χ4n) is 12.0. The maximum absolute atomic E-state index is 12.7. The lowest BCUT2D eigenvalue weighted by Crippen LogP contribution is -2.66. The number of hydrogen-bond acceptors (Lipinski definition) is 4. The van der Waals surface area contributed by atoms with Gasteiger partial charge in [-0.25, -0.2) is 0 Å². The first-order valence-corrected chi connectivity index (χ1v) is 14.8. The van der Waals surface area contributed by atoms with Crippen molar-refractivity contribution >= 4 is 11.7 Å². The molecule has 4 atom stereocenters. The predicted molar refractivity (Wildman–Crippen MR) is 145 cm³/mol. The van der Waals surface area contributed by atoms with Gasteiger partial charge in [-0.15, -0.1) is 0 Å². The van der Waals surface area contributed by atoms with E-state index >= 15 is 0 Å². The van der Waals surface area contributed by atoms with Crippen LogP contribution in [-0.2, 0) is 10.2 Å². The minimum atomic E-state index is -0.500. The number of carbonyl (C=O) groups is 1. The van der Waals surface area contributed by atoms with E-state index in [1.54, 1.807) is 18.2 Å². The Balaban J connectivity index is 1.12. The zero-order valence-electron chi connectivity index (χ0n) is 22.1. The van der Waals surface area contributed by atoms with Gasteiger partial charge in [0, 0.05) is 6.07 Å². The summed E-state index contributed by atoms with van der Waals surface area (Å²) in [5.41, 5.74) is 7.84. The summed E-state index contributed by atoms with van der Waals surface area (Å²) >= 11 is 0. The molecule has 0 radical (unpaired) electrons. The number of nitrogens with two attached hydrogens (primary N) is 1. The van der Waals surface area contributed by atoms with Crippen molar-refractivity contribution in [3.63, 3.8) is 0 Å². The van der Waals surface area contributed by atoms with Gasteiger partial charge >= 0.3 is 5.97 Å². The molecule has 0 heterocycles. The topological polar surface area (TPSA) is 92.8 Å². The first kappa shape index (κ1) is 23.2. The van der Waals surface area contributed by atoms with E-state index in [9.17, 15) is 15.0 Å². The van der Waals surface area contributed by atoms with Gasteiger partial charge in [-0.3, -0.25) is 4.79 Å². The molecule has 5 heteroatoms. The van der Waals surface area contributed by atoms with Crippen molar-refractivity contribution in [3.8, 4) is 17.2 Å². The summed E-state index contributed by atoms with van der Waals surface area (Å²) in [5.74, 6) is 3.68. The van der Waals surface area contributed by atoms with Gasteiger partial charge in [0.1, 0.15) is 17.2 Å². The van der Waals surface area contributed by atoms with Gasteiger partial charge in [0.25, 0.3) is 0 Å². The van der Waals surface area contributed by atoms with Gasteiger partial charge in [-0.05, 0) is 147 Å². The second-order valence-electron chi connectivity index (χ2n) is 14.7. The molecule has 10 rings (SSSR count). The number of carboxylic acid groups (broad SMARTS) is 1. The molecule has 8 bridgehead atoms. The monoisotopic (exact) mass is 513 g/mol. The Labute approximate surface area is 224 Å². The highest BCUT2D eigenvalue weighted by Gasteiger charge is 2.71. The highest BCUT2D eigenvalue weighted by molar-refractivity contribution is 5.75. The average molecular weight is 514 g/mol. The Morgan fingerprint density at radius 3 is 1.89 bits per heavy atom. The molecular formula is C33H39NO4. The Morgan fingerprint density at radius 1 is 0.763 bits per heavy atom. The summed E-state index contributed by atoms with van der Waals surface area (Å²) in [4.78, 5) is 12.7. The summed E-state index contributed by atoms with van der Waals surface area (Å²) < 4.78 is 6.03. The van der Waals surface area contributed by atoms with E-state index in [1.807, 2.05) is 0 Å². The number of carboxylic acids is 1. The number of aromatic hydroxyl groups is 1. The summed E-state index contributed by atoms with van der Waals surface area (Å²) in [6.45, 7) is 0. The molecule has 0 spiro atoms. The maximum atomic E-state index is 12.7. The second-order valence-corrected chi connectivity index (χ2v) is 14.7. The second kappa shape index (κ2) is 7.49. The number of phenols is 1. The molecule has 0 amide bonds. The molecule has 8 aliphatic rings. The van der Waals surface area contributed by atoms with Crippen molar-refractivity contribution in [1.29, 1.82) is 0 Å². The molecular weight excluding hydrogens is 474 g/mol. The van der Waals surface area contributed by atoms with Crippen LogP contribution in [0.1, 0.15) is 82.6 Å². The lowest BCUT2D eigenvalue weighted by atomic mass is 9.31. The van der Waals surface area contributed by atoms with Gasteiger partial charge in [0.05, 0.1) is 11.1 Å². The minimum Gasteiger partial charge on any atom is -0.506 e. The van der Waals surface area contributed by atoms with Gasteiger partial charge in [-0.2, -0.15) is 0 Å². The van der Waals surface area contributed by atoms with E-state index in [1.165, 1.54) is 63.4 Å². The van der Waals surface area contributed by atoms with Gasteiger partial charge in [0.15, 0.2) is 0 Å². The number of ether oxygens (including phenoxy) is 1. The molecule has 4 N–H and O–H groups in total. The summed E-state index contributed by atoms with van der Waals surface area (Å²) in [6.07, 6.45) is 14.5. The number of aliphatic carboxylic acids is 1. The van der Waals surface area contributed by atoms with Crippen molar-refractivity contribution in [2.75, 3.05) is 5.73 Å². The molecule has 8 aliphatic carbocycles. The molecule has 0 aromatic heterocycles. The number of nitrogen functional groups attached to an aromatic ring is 1. The first-order chi connectivity index (χ1) is 18.2. The zero-order valence-corrected chi connectivity index (χ0v) is 22.1. The Bertz CT molecular complexity index is 1290. The Hall–Kier alpha value is -2.69. The lowest BCUT2D eigenvalue weighted by molar-refractivity contribution is -0.230. The van der Waals surface area contributed by atoms with E-state index in [-0.39, 0.29) is 16.6 Å². The average Bonchev–Trinajstić information content (AvgIpc) is 2.85. The smallest absolute Gasteiger partial charge is 0.309 e. The van der Waals surface area contributed by atoms with Crippen LogP contribution in [0, 0.1) is 39.9 Å². The Kier molecular flexibility index (Phi) is 4.57. The van der Waals surface area contributed by atoms with Gasteiger partial charge in [0.2, 0.25) is 0 Å². The SMILES string of the molecule is Nc1ccc(Oc2ccc(C34CC5CC(C3)CC(C36CC7CC(CC(C(=O)O)(C7)C3)C6)(C5)C4)cc2)cc1O. The third-order valence-electron chi connectivity index (χ3n) is 12.4. The summed E-state index contributed by atoms with van der Waals surface area (Å²) in [7, 11) is 0. The number of anilines is 1. The standard InChI is InChI=1S/C33H39NO4/c34-27-6-5-26(9-28(27)35)38-25-3-1-24(2-4-25)30-10-20-7-21(11-30)15-32(14-20,18-30)33-16-22-8-23(17-33)13-31(12-22,19-33)29(36)37/h1-6,9,20-23,35H,7-8,10-19,34H2,(H,36,37). The lowest BCUT2D eigenvalue weighted by Gasteiger charge is -2.73. The highest BCUT2D eigenvalue weighted by Crippen LogP contribution is 2.78. The van der Waals surface area contributed by atoms with Crippen LogP contribution in [0.15, 0.2) is 42.5 Å². The highest BCUT2D eigenvalue weighted by atomic mass is 16.5. The fourth-order valence-corrected chi connectivity index (χ4v) is 12.0. The van der Waals surface area contributed by atoms with E-state index < -0.39 is 11.4 Å². The van der Waals surface area contributed by atoms with Crippen molar-refractivity contribution < 1.29 is 19.7 Å². The van der Waals surface area contributed by atoms with Crippen LogP contribution in [0.5, 0.6) is 17.2 Å². The summed E-state index contributed by atoms with van der Waals surface area (Å²) in [6, 6.07) is 13.7. The van der Waals surface area contributed by atoms with Crippen LogP contribution in [0.2, 0.25) is 0 Å². The van der Waals surface area contributed by atoms with Crippen LogP contribution in [0.3, 0.4) is 0 Å². The quantitative estimate of drug-likeness (QED) is 0.289. The number of rotatable bonds is 5. The third kappa shape index (κ3) is 3.14. The minimum absolute atomic E-state index is 0.0346. The third-order valence-corrected chi connectivity index (χ3v) is 12.4. The molecule has 8 saturated carbocycles. The fraction of sp³-hybridized carbons (Fsp3) is 0.606. The normalized spacial score (nSPS) is 43.9. The van der Waals surface area contributed by atoms with Crippen molar-refractivity contribution in [2.24, 2.45) is 39.9 Å². The number of hydrogen-bond donors (Lipinski definition) is 3. The molecule has 0 aliphatic heterocycles. The van der Waals surface area contributed by atoms with Crippen LogP contribution in [0.4, 0.5) is 5.69 Å². The van der Waals surface area contributed by atoms with Crippen molar-refractivity contribution in [3.05, 3.63) is 48.0 Å². The van der Waals surface area contributed by atoms with E-state index in [0.717, 1.165) is 36.8 Å². The first-order valence-electron chi connectivity index (χ1n) is 14.8. The number of benzene rings is 2. The van der Waals surface area contributed by atoms with Crippen LogP contribution < -0.4 is 10.5 Å². The maximum Gasteiger partial charge on any atom is 0.309 e. The molecule has 0 saturated heterocycles. The predicted octanol–water partition coefficient (Wildman–Crippen LogP) is 7.28. The van der Waals surface area contributed by atoms with Crippen LogP contribution in [0.25, 0.3) is 0 Å². The summed E-state index contributed by atoms with van der Waals surface area (Å²) in [5, 5.41) is 20.4. The van der Waals surface area contributed by atoms with Crippen molar-refractivity contribution in [1.82, 2.24) is 0 Å². The molecule has 5 nitrogen and oxygen atoms in total. The molecule has 2 aromatic carbocycles. The van der Waals surface area contributed by atoms with Crippen molar-refractivity contribution in [2.45, 2.75) is 82.5 Å². The molecule has 38 heavy (non-hydrogen) atoms.